The van der Waals surface area contributed by atoms with Gasteiger partial charge in [0.05, 0.1) is 18.2 Å². The summed E-state index contributed by atoms with van der Waals surface area (Å²) in [6.45, 7) is 2.24. The van der Waals surface area contributed by atoms with E-state index >= 15 is 0 Å². The Hall–Kier alpha value is -1.86. The van der Waals surface area contributed by atoms with Crippen molar-refractivity contribution < 1.29 is 19.1 Å². The molecule has 1 atom stereocenters. The summed E-state index contributed by atoms with van der Waals surface area (Å²) in [7, 11) is 4.87. The largest absolute Gasteiger partial charge is 0.460 e. The Morgan fingerprint density at radius 3 is 2.54 bits per heavy atom. The molecule has 0 N–H and O–H groups in total. The second kappa shape index (κ2) is 7.81. The highest BCUT2D eigenvalue weighted by molar-refractivity contribution is 9.10. The number of allylic oxidation sites excluding steroid dienone is 1. The molecular weight excluding hydrogens is 376 g/mol. The predicted octanol–water partition coefficient (Wildman–Crippen LogP) is 2.95. The zero-order chi connectivity index (χ0) is 17.9. The molecule has 0 saturated heterocycles. The zero-order valence-corrected chi connectivity index (χ0v) is 15.8. The maximum absolute atomic E-state index is 12.7. The van der Waals surface area contributed by atoms with Gasteiger partial charge in [0.25, 0.3) is 0 Å². The molecule has 1 aliphatic heterocycles. The molecule has 130 valence electrons. The third-order valence-electron chi connectivity index (χ3n) is 4.08. The summed E-state index contributed by atoms with van der Waals surface area (Å²) in [5.74, 6) is -0.448. The number of amides is 2. The number of halogens is 1. The van der Waals surface area contributed by atoms with Crippen molar-refractivity contribution in [3.8, 4) is 0 Å². The molecule has 0 bridgehead atoms. The Balaban J connectivity index is 2.49. The van der Waals surface area contributed by atoms with Crippen molar-refractivity contribution in [2.45, 2.75) is 13.0 Å². The van der Waals surface area contributed by atoms with Crippen LogP contribution in [-0.4, -0.2) is 56.2 Å². The number of hydrogen-bond donors (Lipinski definition) is 0. The lowest BCUT2D eigenvalue weighted by atomic mass is 9.94. The Labute approximate surface area is 150 Å². The molecule has 0 unspecified atom stereocenters. The molecule has 2 amide bonds. The third-order valence-corrected chi connectivity index (χ3v) is 4.80. The second-order valence-corrected chi connectivity index (χ2v) is 6.36. The first-order chi connectivity index (χ1) is 11.4. The third kappa shape index (κ3) is 3.47. The smallest absolute Gasteiger partial charge is 0.338 e. The molecule has 1 heterocycles. The van der Waals surface area contributed by atoms with Crippen LogP contribution in [0.15, 0.2) is 40.0 Å². The van der Waals surface area contributed by atoms with Gasteiger partial charge in [-0.15, -0.1) is 0 Å². The van der Waals surface area contributed by atoms with Gasteiger partial charge < -0.3 is 19.3 Å². The Kier molecular flexibility index (Phi) is 6.01. The molecule has 1 aromatic carbocycles. The number of nitrogens with zero attached hydrogens (tertiary/aromatic N) is 2. The number of methoxy groups -OCH3 is 1. The maximum Gasteiger partial charge on any atom is 0.338 e. The van der Waals surface area contributed by atoms with Gasteiger partial charge in [-0.2, -0.15) is 0 Å². The first kappa shape index (κ1) is 18.5. The summed E-state index contributed by atoms with van der Waals surface area (Å²) in [6, 6.07) is 6.84. The Morgan fingerprint density at radius 1 is 1.25 bits per heavy atom. The molecule has 0 radical (unpaired) electrons. The van der Waals surface area contributed by atoms with Gasteiger partial charge in [-0.25, -0.2) is 9.59 Å². The van der Waals surface area contributed by atoms with Crippen LogP contribution in [0.25, 0.3) is 0 Å². The highest BCUT2D eigenvalue weighted by Crippen LogP contribution is 2.38. The van der Waals surface area contributed by atoms with Crippen molar-refractivity contribution >= 4 is 27.9 Å². The molecule has 0 aromatic heterocycles. The molecule has 0 spiro atoms. The highest BCUT2D eigenvalue weighted by atomic mass is 79.9. The maximum atomic E-state index is 12.7. The van der Waals surface area contributed by atoms with E-state index in [1.54, 1.807) is 33.0 Å². The van der Waals surface area contributed by atoms with E-state index in [0.29, 0.717) is 17.9 Å². The summed E-state index contributed by atoms with van der Waals surface area (Å²) in [5, 5.41) is 0. The quantitative estimate of drug-likeness (QED) is 0.566. The molecule has 6 nitrogen and oxygen atoms in total. The van der Waals surface area contributed by atoms with Crippen molar-refractivity contribution in [3.05, 3.63) is 45.6 Å². The fourth-order valence-electron chi connectivity index (χ4n) is 2.68. The van der Waals surface area contributed by atoms with Crippen molar-refractivity contribution in [2.75, 3.05) is 34.4 Å². The Bertz CT molecular complexity index is 674. The van der Waals surface area contributed by atoms with Gasteiger partial charge in [0.15, 0.2) is 0 Å². The van der Waals surface area contributed by atoms with E-state index in [0.717, 1.165) is 10.0 Å². The molecule has 2 rings (SSSR count). The fourth-order valence-corrected chi connectivity index (χ4v) is 3.18. The standard InChI is InChI=1S/C17H21BrN2O4/c1-11-14(16(21)24-10-9-23-4)15(20(3)17(22)19(11)2)12-7-5-6-8-13(12)18/h5-8,15H,9-10H2,1-4H3/t15-/m1/s1. The first-order valence-corrected chi connectivity index (χ1v) is 8.31. The number of hydrogen-bond acceptors (Lipinski definition) is 4. The zero-order valence-electron chi connectivity index (χ0n) is 14.2. The predicted molar refractivity (Wildman–Crippen MR) is 93.3 cm³/mol. The highest BCUT2D eigenvalue weighted by Gasteiger charge is 2.39. The minimum absolute atomic E-state index is 0.163. The lowest BCUT2D eigenvalue weighted by Crippen LogP contribution is -2.47. The van der Waals surface area contributed by atoms with Crippen LogP contribution in [0.1, 0.15) is 18.5 Å². The van der Waals surface area contributed by atoms with E-state index in [1.165, 1.54) is 4.90 Å². The number of rotatable bonds is 5. The van der Waals surface area contributed by atoms with Crippen LogP contribution in [0.3, 0.4) is 0 Å². The van der Waals surface area contributed by atoms with Crippen LogP contribution in [-0.2, 0) is 14.3 Å². The van der Waals surface area contributed by atoms with Crippen molar-refractivity contribution in [1.29, 1.82) is 0 Å². The summed E-state index contributed by atoms with van der Waals surface area (Å²) in [4.78, 5) is 28.2. The van der Waals surface area contributed by atoms with Gasteiger partial charge in [0.1, 0.15) is 6.61 Å². The van der Waals surface area contributed by atoms with E-state index in [4.69, 9.17) is 9.47 Å². The number of benzene rings is 1. The van der Waals surface area contributed by atoms with Gasteiger partial charge in [-0.3, -0.25) is 0 Å². The molecule has 1 aromatic rings. The van der Waals surface area contributed by atoms with Crippen LogP contribution in [0.2, 0.25) is 0 Å². The second-order valence-electron chi connectivity index (χ2n) is 5.50. The number of carbonyl (C=O) groups excluding carboxylic acids is 2. The van der Waals surface area contributed by atoms with E-state index in [1.807, 2.05) is 24.3 Å². The molecule has 0 fully saturated rings. The number of esters is 1. The summed E-state index contributed by atoms with van der Waals surface area (Å²) >= 11 is 3.51. The molecule has 24 heavy (non-hydrogen) atoms. The molecule has 7 heteroatoms. The van der Waals surface area contributed by atoms with Gasteiger partial charge in [0.2, 0.25) is 0 Å². The van der Waals surface area contributed by atoms with Crippen LogP contribution in [0.4, 0.5) is 4.79 Å². The van der Waals surface area contributed by atoms with Crippen LogP contribution in [0, 0.1) is 0 Å². The van der Waals surface area contributed by atoms with Gasteiger partial charge in [-0.1, -0.05) is 34.1 Å². The topological polar surface area (TPSA) is 59.1 Å². The number of urea groups is 1. The summed E-state index contributed by atoms with van der Waals surface area (Å²) in [5.41, 5.74) is 1.86. The van der Waals surface area contributed by atoms with Crippen molar-refractivity contribution in [2.24, 2.45) is 0 Å². The molecular formula is C17H21BrN2O4. The fraction of sp³-hybridized carbons (Fsp3) is 0.412. The number of carbonyl (C=O) groups is 2. The van der Waals surface area contributed by atoms with Crippen LogP contribution < -0.4 is 0 Å². The monoisotopic (exact) mass is 396 g/mol. The van der Waals surface area contributed by atoms with E-state index in [9.17, 15) is 9.59 Å². The van der Waals surface area contributed by atoms with Crippen LogP contribution >= 0.6 is 15.9 Å². The van der Waals surface area contributed by atoms with E-state index in [2.05, 4.69) is 15.9 Å². The van der Waals surface area contributed by atoms with E-state index in [-0.39, 0.29) is 12.6 Å². The SMILES string of the molecule is COCCOC(=O)C1=C(C)N(C)C(=O)N(C)[C@@H]1c1ccccc1Br. The average Bonchev–Trinajstić information content (AvgIpc) is 2.57. The molecule has 0 aliphatic carbocycles. The lowest BCUT2D eigenvalue weighted by Gasteiger charge is -2.39. The number of ether oxygens (including phenoxy) is 2. The summed E-state index contributed by atoms with van der Waals surface area (Å²) in [6.07, 6.45) is 0. The average molecular weight is 397 g/mol. The molecule has 1 aliphatic rings. The van der Waals surface area contributed by atoms with Gasteiger partial charge in [-0.05, 0) is 18.6 Å². The first-order valence-electron chi connectivity index (χ1n) is 7.52. The lowest BCUT2D eigenvalue weighted by molar-refractivity contribution is -0.141. The van der Waals surface area contributed by atoms with Crippen molar-refractivity contribution in [3.63, 3.8) is 0 Å². The van der Waals surface area contributed by atoms with E-state index < -0.39 is 12.0 Å². The van der Waals surface area contributed by atoms with Gasteiger partial charge >= 0.3 is 12.0 Å². The Morgan fingerprint density at radius 2 is 1.92 bits per heavy atom. The van der Waals surface area contributed by atoms with Gasteiger partial charge in [0, 0.05) is 31.4 Å². The minimum Gasteiger partial charge on any atom is -0.460 e. The molecule has 0 saturated carbocycles. The summed E-state index contributed by atoms with van der Waals surface area (Å²) < 4.78 is 11.1. The van der Waals surface area contributed by atoms with Crippen molar-refractivity contribution in [1.82, 2.24) is 9.80 Å². The van der Waals surface area contributed by atoms with Crippen LogP contribution in [0.5, 0.6) is 0 Å². The number of likely N-dealkylation sites (N-methyl/N-ethyl adjacent to an activating group) is 1. The minimum atomic E-state index is -0.515. The normalized spacial score (nSPS) is 18.2.